The van der Waals surface area contributed by atoms with Crippen LogP contribution < -0.4 is 20.7 Å². The van der Waals surface area contributed by atoms with Crippen LogP contribution in [0.15, 0.2) is 42.5 Å². The summed E-state index contributed by atoms with van der Waals surface area (Å²) in [5, 5.41) is 9.02. The van der Waals surface area contributed by atoms with Gasteiger partial charge in [-0.3, -0.25) is 9.59 Å². The molecule has 0 radical (unpaired) electrons. The van der Waals surface area contributed by atoms with E-state index in [2.05, 4.69) is 16.0 Å². The molecule has 0 aromatic heterocycles. The van der Waals surface area contributed by atoms with E-state index in [9.17, 15) is 9.59 Å². The number of rotatable bonds is 8. The van der Waals surface area contributed by atoms with Crippen molar-refractivity contribution in [3.63, 3.8) is 0 Å². The Labute approximate surface area is 157 Å². The summed E-state index contributed by atoms with van der Waals surface area (Å²) in [4.78, 5) is 23.9. The average molecular weight is 376 g/mol. The Morgan fingerprint density at radius 2 is 1.81 bits per heavy atom. The number of amides is 2. The molecule has 2 rings (SSSR count). The highest BCUT2D eigenvalue weighted by Crippen LogP contribution is 2.26. The number of hydrogen-bond acceptors (Lipinski definition) is 4. The van der Waals surface area contributed by atoms with E-state index in [0.29, 0.717) is 34.3 Å². The van der Waals surface area contributed by atoms with Gasteiger partial charge >= 0.3 is 0 Å². The van der Waals surface area contributed by atoms with Crippen molar-refractivity contribution in [2.45, 2.75) is 19.8 Å². The Kier molecular flexibility index (Phi) is 7.29. The number of para-hydroxylation sites is 2. The number of carbonyl (C=O) groups is 2. The lowest BCUT2D eigenvalue weighted by molar-refractivity contribution is -0.116. The van der Waals surface area contributed by atoms with Crippen LogP contribution in [0.1, 0.15) is 19.8 Å². The van der Waals surface area contributed by atoms with E-state index >= 15 is 0 Å². The molecule has 2 amide bonds. The predicted molar refractivity (Wildman–Crippen MR) is 105 cm³/mol. The molecular weight excluding hydrogens is 354 g/mol. The van der Waals surface area contributed by atoms with Crippen LogP contribution in [0.25, 0.3) is 0 Å². The lowest BCUT2D eigenvalue weighted by Crippen LogP contribution is -2.22. The first-order chi connectivity index (χ1) is 12.5. The fourth-order valence-corrected chi connectivity index (χ4v) is 2.49. The minimum absolute atomic E-state index is 0.0180. The van der Waals surface area contributed by atoms with Crippen LogP contribution in [-0.2, 0) is 9.59 Å². The average Bonchev–Trinajstić information content (AvgIpc) is 2.63. The molecule has 7 heteroatoms. The van der Waals surface area contributed by atoms with Crippen LogP contribution in [-0.4, -0.2) is 25.5 Å². The molecule has 0 bridgehead atoms. The molecule has 3 N–H and O–H groups in total. The molecule has 2 aromatic rings. The third-order valence-corrected chi connectivity index (χ3v) is 3.88. The SMILES string of the molecule is CCCC(=O)Nc1ccc(Cl)c(NCC(=O)Nc2ccccc2OC)c1. The Morgan fingerprint density at radius 1 is 1.04 bits per heavy atom. The fraction of sp³-hybridized carbons (Fsp3) is 0.263. The molecule has 0 saturated heterocycles. The number of carbonyl (C=O) groups excluding carboxylic acids is 2. The van der Waals surface area contributed by atoms with Gasteiger partial charge in [0.05, 0.1) is 30.1 Å². The molecule has 0 saturated carbocycles. The van der Waals surface area contributed by atoms with Crippen molar-refractivity contribution in [1.82, 2.24) is 0 Å². The highest BCUT2D eigenvalue weighted by molar-refractivity contribution is 6.33. The molecule has 138 valence electrons. The van der Waals surface area contributed by atoms with Gasteiger partial charge < -0.3 is 20.7 Å². The fourth-order valence-electron chi connectivity index (χ4n) is 2.31. The molecule has 0 aliphatic rings. The summed E-state index contributed by atoms with van der Waals surface area (Å²) in [7, 11) is 1.54. The van der Waals surface area contributed by atoms with E-state index in [1.54, 1.807) is 37.4 Å². The van der Waals surface area contributed by atoms with E-state index in [1.165, 1.54) is 0 Å². The zero-order chi connectivity index (χ0) is 18.9. The maximum absolute atomic E-state index is 12.2. The summed E-state index contributed by atoms with van der Waals surface area (Å²) in [5.41, 5.74) is 1.78. The minimum atomic E-state index is -0.244. The van der Waals surface area contributed by atoms with E-state index < -0.39 is 0 Å². The molecule has 2 aromatic carbocycles. The van der Waals surface area contributed by atoms with Gasteiger partial charge in [-0.1, -0.05) is 30.7 Å². The van der Waals surface area contributed by atoms with Crippen molar-refractivity contribution in [2.24, 2.45) is 0 Å². The van der Waals surface area contributed by atoms with Gasteiger partial charge in [0.15, 0.2) is 0 Å². The topological polar surface area (TPSA) is 79.5 Å². The van der Waals surface area contributed by atoms with Gasteiger partial charge in [-0.2, -0.15) is 0 Å². The monoisotopic (exact) mass is 375 g/mol. The van der Waals surface area contributed by atoms with Crippen molar-refractivity contribution in [3.05, 3.63) is 47.5 Å². The van der Waals surface area contributed by atoms with Crippen LogP contribution >= 0.6 is 11.6 Å². The number of benzene rings is 2. The lowest BCUT2D eigenvalue weighted by atomic mass is 10.2. The highest BCUT2D eigenvalue weighted by Gasteiger charge is 2.09. The van der Waals surface area contributed by atoms with Crippen LogP contribution in [0, 0.1) is 0 Å². The molecule has 26 heavy (non-hydrogen) atoms. The first-order valence-electron chi connectivity index (χ1n) is 8.29. The lowest BCUT2D eigenvalue weighted by Gasteiger charge is -2.13. The Morgan fingerprint density at radius 3 is 2.54 bits per heavy atom. The van der Waals surface area contributed by atoms with Crippen molar-refractivity contribution < 1.29 is 14.3 Å². The highest BCUT2D eigenvalue weighted by atomic mass is 35.5. The van der Waals surface area contributed by atoms with Crippen LogP contribution in [0.2, 0.25) is 5.02 Å². The van der Waals surface area contributed by atoms with Crippen LogP contribution in [0.4, 0.5) is 17.1 Å². The van der Waals surface area contributed by atoms with Crippen molar-refractivity contribution in [1.29, 1.82) is 0 Å². The molecule has 6 nitrogen and oxygen atoms in total. The zero-order valence-corrected chi connectivity index (χ0v) is 15.5. The number of methoxy groups -OCH3 is 1. The van der Waals surface area contributed by atoms with Crippen LogP contribution in [0.3, 0.4) is 0 Å². The Bertz CT molecular complexity index is 780. The number of hydrogen-bond donors (Lipinski definition) is 3. The van der Waals surface area contributed by atoms with Gasteiger partial charge in [-0.25, -0.2) is 0 Å². The number of nitrogens with one attached hydrogen (secondary N) is 3. The van der Waals surface area contributed by atoms with Gasteiger partial charge in [0.25, 0.3) is 0 Å². The second-order valence-corrected chi connectivity index (χ2v) is 6.00. The number of ether oxygens (including phenoxy) is 1. The van der Waals surface area contributed by atoms with Gasteiger partial charge in [0.2, 0.25) is 11.8 Å². The zero-order valence-electron chi connectivity index (χ0n) is 14.8. The molecular formula is C19H22ClN3O3. The first kappa shape index (κ1) is 19.6. The van der Waals surface area contributed by atoms with Crippen molar-refractivity contribution in [2.75, 3.05) is 29.6 Å². The molecule has 0 fully saturated rings. The van der Waals surface area contributed by atoms with E-state index in [1.807, 2.05) is 19.1 Å². The number of anilines is 3. The molecule has 0 unspecified atom stereocenters. The summed E-state index contributed by atoms with van der Waals surface area (Å²) >= 11 is 6.16. The maximum Gasteiger partial charge on any atom is 0.243 e. The van der Waals surface area contributed by atoms with Gasteiger partial charge in [-0.15, -0.1) is 0 Å². The first-order valence-corrected chi connectivity index (χ1v) is 8.67. The second kappa shape index (κ2) is 9.68. The summed E-state index contributed by atoms with van der Waals surface area (Å²) in [6.07, 6.45) is 1.22. The summed E-state index contributed by atoms with van der Waals surface area (Å²) in [6, 6.07) is 12.2. The number of halogens is 1. The Balaban J connectivity index is 1.97. The van der Waals surface area contributed by atoms with Crippen LogP contribution in [0.5, 0.6) is 5.75 Å². The second-order valence-electron chi connectivity index (χ2n) is 5.59. The third-order valence-electron chi connectivity index (χ3n) is 3.55. The molecule has 0 heterocycles. The minimum Gasteiger partial charge on any atom is -0.495 e. The van der Waals surface area contributed by atoms with E-state index in [0.717, 1.165) is 6.42 Å². The molecule has 0 aliphatic carbocycles. The Hall–Kier alpha value is -2.73. The third kappa shape index (κ3) is 5.67. The normalized spacial score (nSPS) is 10.1. The van der Waals surface area contributed by atoms with Gasteiger partial charge in [0.1, 0.15) is 5.75 Å². The molecule has 0 atom stereocenters. The maximum atomic E-state index is 12.2. The van der Waals surface area contributed by atoms with Crippen molar-refractivity contribution >= 4 is 40.5 Å². The van der Waals surface area contributed by atoms with Gasteiger partial charge in [0, 0.05) is 12.1 Å². The summed E-state index contributed by atoms with van der Waals surface area (Å²) in [6.45, 7) is 1.96. The smallest absolute Gasteiger partial charge is 0.243 e. The predicted octanol–water partition coefficient (Wildman–Crippen LogP) is 4.14. The van der Waals surface area contributed by atoms with Gasteiger partial charge in [-0.05, 0) is 36.8 Å². The standard InChI is InChI=1S/C19H22ClN3O3/c1-3-6-18(24)22-13-9-10-14(20)16(11-13)21-12-19(25)23-15-7-4-5-8-17(15)26-2/h4-5,7-11,21H,3,6,12H2,1-2H3,(H,22,24)(H,23,25). The molecule has 0 aliphatic heterocycles. The summed E-state index contributed by atoms with van der Waals surface area (Å²) < 4.78 is 5.20. The quantitative estimate of drug-likeness (QED) is 0.648. The molecule has 0 spiro atoms. The van der Waals surface area contributed by atoms with E-state index in [4.69, 9.17) is 16.3 Å². The summed E-state index contributed by atoms with van der Waals surface area (Å²) in [5.74, 6) is 0.278. The van der Waals surface area contributed by atoms with E-state index in [-0.39, 0.29) is 18.4 Å². The largest absolute Gasteiger partial charge is 0.495 e. The van der Waals surface area contributed by atoms with Crippen molar-refractivity contribution in [3.8, 4) is 5.75 Å².